The summed E-state index contributed by atoms with van der Waals surface area (Å²) in [6.45, 7) is 1.97. The van der Waals surface area contributed by atoms with E-state index in [1.165, 1.54) is 37.7 Å². The van der Waals surface area contributed by atoms with Crippen LogP contribution in [0.1, 0.15) is 32.6 Å². The van der Waals surface area contributed by atoms with Gasteiger partial charge in [-0.15, -0.1) is 0 Å². The smallest absolute Gasteiger partial charge is 0.242 e. The Morgan fingerprint density at radius 2 is 2.15 bits per heavy atom. The van der Waals surface area contributed by atoms with Gasteiger partial charge in [0.2, 0.25) is 10.0 Å². The summed E-state index contributed by atoms with van der Waals surface area (Å²) in [5, 5.41) is 0. The van der Waals surface area contributed by atoms with Crippen molar-refractivity contribution in [1.82, 2.24) is 9.71 Å². The fourth-order valence-corrected chi connectivity index (χ4v) is 5.18. The molecule has 1 heterocycles. The molecule has 0 aliphatic heterocycles. The molecule has 0 aromatic carbocycles. The molecular formula is C14H21N3O2S. The summed E-state index contributed by atoms with van der Waals surface area (Å²) in [6.07, 6.45) is 7.78. The monoisotopic (exact) mass is 295 g/mol. The number of anilines is 1. The Kier molecular flexibility index (Phi) is 3.46. The van der Waals surface area contributed by atoms with Crippen molar-refractivity contribution in [2.45, 2.75) is 43.5 Å². The maximum Gasteiger partial charge on any atom is 0.242 e. The highest BCUT2D eigenvalue weighted by atomic mass is 32.2. The molecule has 6 heteroatoms. The van der Waals surface area contributed by atoms with Crippen LogP contribution in [0.25, 0.3) is 0 Å². The van der Waals surface area contributed by atoms with Crippen LogP contribution in [0.15, 0.2) is 23.4 Å². The summed E-state index contributed by atoms with van der Waals surface area (Å²) < 4.78 is 27.5. The number of rotatable bonds is 4. The third-order valence-electron chi connectivity index (χ3n) is 4.82. The molecule has 0 saturated heterocycles. The molecule has 2 aliphatic rings. The van der Waals surface area contributed by atoms with Crippen LogP contribution in [0.5, 0.6) is 0 Å². The lowest BCUT2D eigenvalue weighted by molar-refractivity contribution is 0.280. The quantitative estimate of drug-likeness (QED) is 0.886. The van der Waals surface area contributed by atoms with E-state index < -0.39 is 10.0 Å². The molecule has 0 amide bonds. The Morgan fingerprint density at radius 3 is 2.75 bits per heavy atom. The van der Waals surface area contributed by atoms with Gasteiger partial charge < -0.3 is 5.73 Å². The van der Waals surface area contributed by atoms with Crippen molar-refractivity contribution in [2.24, 2.45) is 17.8 Å². The van der Waals surface area contributed by atoms with Crippen molar-refractivity contribution in [1.29, 1.82) is 0 Å². The Hall–Kier alpha value is -1.14. The lowest BCUT2D eigenvalue weighted by atomic mass is 9.84. The summed E-state index contributed by atoms with van der Waals surface area (Å²) >= 11 is 0. The molecule has 2 bridgehead atoms. The number of fused-ring (bicyclic) bond motifs is 2. The van der Waals surface area contributed by atoms with Gasteiger partial charge >= 0.3 is 0 Å². The molecule has 2 saturated carbocycles. The summed E-state index contributed by atoms with van der Waals surface area (Å²) in [6, 6.07) is 1.42. The summed E-state index contributed by atoms with van der Waals surface area (Å²) in [7, 11) is -3.53. The van der Waals surface area contributed by atoms with Gasteiger partial charge in [-0.3, -0.25) is 4.98 Å². The second kappa shape index (κ2) is 5.00. The molecule has 20 heavy (non-hydrogen) atoms. The molecule has 4 atom stereocenters. The van der Waals surface area contributed by atoms with Gasteiger partial charge in [-0.25, -0.2) is 13.1 Å². The molecule has 3 rings (SSSR count). The van der Waals surface area contributed by atoms with E-state index in [9.17, 15) is 8.42 Å². The number of hydrogen-bond acceptors (Lipinski definition) is 4. The van der Waals surface area contributed by atoms with Crippen LogP contribution in [-0.4, -0.2) is 19.4 Å². The number of pyridine rings is 1. The van der Waals surface area contributed by atoms with Crippen LogP contribution < -0.4 is 10.5 Å². The van der Waals surface area contributed by atoms with E-state index in [0.717, 1.165) is 12.3 Å². The van der Waals surface area contributed by atoms with Gasteiger partial charge in [0, 0.05) is 18.4 Å². The molecule has 1 aromatic rings. The van der Waals surface area contributed by atoms with Gasteiger partial charge in [-0.2, -0.15) is 0 Å². The number of sulfonamides is 1. The van der Waals surface area contributed by atoms with E-state index >= 15 is 0 Å². The number of hydrogen-bond donors (Lipinski definition) is 2. The minimum absolute atomic E-state index is 0.0308. The van der Waals surface area contributed by atoms with E-state index in [0.29, 0.717) is 17.5 Å². The highest BCUT2D eigenvalue weighted by Crippen LogP contribution is 2.49. The van der Waals surface area contributed by atoms with Crippen molar-refractivity contribution >= 4 is 15.7 Å². The first-order valence-electron chi connectivity index (χ1n) is 7.18. The maximum absolute atomic E-state index is 12.4. The van der Waals surface area contributed by atoms with Gasteiger partial charge in [0.05, 0.1) is 5.69 Å². The van der Waals surface area contributed by atoms with Crippen LogP contribution in [0.4, 0.5) is 5.69 Å². The van der Waals surface area contributed by atoms with Gasteiger partial charge in [0.25, 0.3) is 0 Å². The average Bonchev–Trinajstić information content (AvgIpc) is 3.00. The fraction of sp³-hybridized carbons (Fsp3) is 0.643. The SMILES string of the molecule is CC(NS(=O)(=O)c1cncc(N)c1)C1CC2CCC1C2. The van der Waals surface area contributed by atoms with Crippen LogP contribution in [0.3, 0.4) is 0 Å². The molecule has 0 spiro atoms. The maximum atomic E-state index is 12.4. The molecule has 110 valence electrons. The van der Waals surface area contributed by atoms with Crippen molar-refractivity contribution < 1.29 is 8.42 Å². The molecule has 2 fully saturated rings. The molecule has 3 N–H and O–H groups in total. The van der Waals surface area contributed by atoms with Crippen LogP contribution in [0.2, 0.25) is 0 Å². The van der Waals surface area contributed by atoms with Crippen molar-refractivity contribution in [3.63, 3.8) is 0 Å². The Labute approximate surface area is 120 Å². The van der Waals surface area contributed by atoms with Gasteiger partial charge in [0.1, 0.15) is 4.90 Å². The zero-order valence-electron chi connectivity index (χ0n) is 11.6. The second-order valence-electron chi connectivity index (χ2n) is 6.20. The number of nitrogens with zero attached hydrogens (tertiary/aromatic N) is 1. The van der Waals surface area contributed by atoms with Crippen LogP contribution >= 0.6 is 0 Å². The molecule has 4 unspecified atom stereocenters. The normalized spacial score (nSPS) is 30.6. The average molecular weight is 295 g/mol. The molecule has 1 aromatic heterocycles. The Bertz CT molecular complexity index is 602. The van der Waals surface area contributed by atoms with E-state index in [4.69, 9.17) is 5.73 Å². The zero-order chi connectivity index (χ0) is 14.3. The van der Waals surface area contributed by atoms with Gasteiger partial charge in [0.15, 0.2) is 0 Å². The van der Waals surface area contributed by atoms with E-state index in [-0.39, 0.29) is 10.9 Å². The lowest BCUT2D eigenvalue weighted by Gasteiger charge is -2.28. The third-order valence-corrected chi connectivity index (χ3v) is 6.35. The van der Waals surface area contributed by atoms with E-state index in [2.05, 4.69) is 9.71 Å². The largest absolute Gasteiger partial charge is 0.397 e. The predicted molar refractivity (Wildman–Crippen MR) is 77.4 cm³/mol. The topological polar surface area (TPSA) is 85.1 Å². The first-order valence-corrected chi connectivity index (χ1v) is 8.67. The van der Waals surface area contributed by atoms with Crippen molar-refractivity contribution in [2.75, 3.05) is 5.73 Å². The molecular weight excluding hydrogens is 274 g/mol. The van der Waals surface area contributed by atoms with Gasteiger partial charge in [-0.1, -0.05) is 6.42 Å². The van der Waals surface area contributed by atoms with Crippen LogP contribution in [0, 0.1) is 17.8 Å². The summed E-state index contributed by atoms with van der Waals surface area (Å²) in [5.41, 5.74) is 5.96. The summed E-state index contributed by atoms with van der Waals surface area (Å²) in [4.78, 5) is 4.00. The third kappa shape index (κ3) is 2.54. The highest BCUT2D eigenvalue weighted by molar-refractivity contribution is 7.89. The molecule has 5 nitrogen and oxygen atoms in total. The zero-order valence-corrected chi connectivity index (χ0v) is 12.4. The number of nitrogen functional groups attached to an aromatic ring is 1. The lowest BCUT2D eigenvalue weighted by Crippen LogP contribution is -2.40. The van der Waals surface area contributed by atoms with Crippen molar-refractivity contribution in [3.05, 3.63) is 18.5 Å². The summed E-state index contributed by atoms with van der Waals surface area (Å²) in [5.74, 6) is 1.97. The fourth-order valence-electron chi connectivity index (χ4n) is 3.89. The second-order valence-corrected chi connectivity index (χ2v) is 7.92. The standard InChI is InChI=1S/C14H21N3O2S/c1-9(14-5-10-2-3-11(14)4-10)17-20(18,19)13-6-12(15)7-16-8-13/h6-11,14,17H,2-5,15H2,1H3. The first-order chi connectivity index (χ1) is 9.45. The van der Waals surface area contributed by atoms with Gasteiger partial charge in [-0.05, 0) is 50.0 Å². The highest BCUT2D eigenvalue weighted by Gasteiger charge is 2.42. The first kappa shape index (κ1) is 13.8. The van der Waals surface area contributed by atoms with Crippen LogP contribution in [-0.2, 0) is 10.0 Å². The Balaban J connectivity index is 1.73. The number of nitrogens with two attached hydrogens (primary N) is 1. The minimum atomic E-state index is -3.53. The molecule has 0 radical (unpaired) electrons. The van der Waals surface area contributed by atoms with E-state index in [1.807, 2.05) is 6.92 Å². The Morgan fingerprint density at radius 1 is 1.35 bits per heavy atom. The van der Waals surface area contributed by atoms with E-state index in [1.54, 1.807) is 0 Å². The molecule has 2 aliphatic carbocycles. The predicted octanol–water partition coefficient (Wildman–Crippen LogP) is 1.77. The number of aromatic nitrogens is 1. The van der Waals surface area contributed by atoms with Crippen molar-refractivity contribution in [3.8, 4) is 0 Å². The number of nitrogens with one attached hydrogen (secondary N) is 1. The minimum Gasteiger partial charge on any atom is -0.397 e.